The van der Waals surface area contributed by atoms with Crippen molar-refractivity contribution >= 4 is 17.6 Å². The Balaban J connectivity index is 2.64. The Labute approximate surface area is 102 Å². The van der Waals surface area contributed by atoms with Crippen LogP contribution in [0, 0.1) is 0 Å². The average molecular weight is 241 g/mol. The number of rotatable bonds is 6. The van der Waals surface area contributed by atoms with Gasteiger partial charge in [-0.3, -0.25) is 4.79 Å². The van der Waals surface area contributed by atoms with E-state index >= 15 is 0 Å². The summed E-state index contributed by atoms with van der Waals surface area (Å²) in [5.41, 5.74) is 1.01. The lowest BCUT2D eigenvalue weighted by Crippen LogP contribution is -2.11. The first-order valence-corrected chi connectivity index (χ1v) is 6.11. The minimum atomic E-state index is -0.210. The van der Waals surface area contributed by atoms with E-state index < -0.39 is 0 Å². The number of carbonyl (C=O) groups is 1. The van der Waals surface area contributed by atoms with Crippen LogP contribution in [0.4, 0.5) is 0 Å². The molecular formula is C13H17ClO2. The molecule has 0 N–H and O–H groups in total. The number of esters is 1. The summed E-state index contributed by atoms with van der Waals surface area (Å²) in [5.74, 6) is 0.334. The van der Waals surface area contributed by atoms with E-state index in [1.807, 2.05) is 37.3 Å². The minimum Gasteiger partial charge on any atom is -0.457 e. The van der Waals surface area contributed by atoms with Crippen LogP contribution < -0.4 is 0 Å². The summed E-state index contributed by atoms with van der Waals surface area (Å²) in [6.45, 7) is 1.96. The van der Waals surface area contributed by atoms with Gasteiger partial charge in [0.25, 0.3) is 0 Å². The summed E-state index contributed by atoms with van der Waals surface area (Å²) < 4.78 is 5.39. The molecule has 1 unspecified atom stereocenters. The highest BCUT2D eigenvalue weighted by Crippen LogP contribution is 2.22. The topological polar surface area (TPSA) is 26.3 Å². The Morgan fingerprint density at radius 1 is 1.38 bits per heavy atom. The lowest BCUT2D eigenvalue weighted by molar-refractivity contribution is -0.149. The van der Waals surface area contributed by atoms with Crippen LogP contribution in [0.2, 0.25) is 0 Å². The van der Waals surface area contributed by atoms with Crippen LogP contribution in [0.15, 0.2) is 30.3 Å². The number of alkyl halides is 1. The zero-order chi connectivity index (χ0) is 11.8. The largest absolute Gasteiger partial charge is 0.457 e. The molecule has 1 atom stereocenters. The van der Waals surface area contributed by atoms with Gasteiger partial charge in [-0.2, -0.15) is 0 Å². The monoisotopic (exact) mass is 240 g/mol. The van der Waals surface area contributed by atoms with Crippen molar-refractivity contribution in [1.29, 1.82) is 0 Å². The van der Waals surface area contributed by atoms with E-state index in [0.717, 1.165) is 12.0 Å². The van der Waals surface area contributed by atoms with Gasteiger partial charge in [-0.05, 0) is 12.0 Å². The first-order valence-electron chi connectivity index (χ1n) is 5.58. The van der Waals surface area contributed by atoms with Crippen molar-refractivity contribution in [1.82, 2.24) is 0 Å². The number of carbonyl (C=O) groups excluding carboxylic acids is 1. The Bertz CT molecular complexity index is 311. The minimum absolute atomic E-state index is 0.151. The van der Waals surface area contributed by atoms with Crippen molar-refractivity contribution in [2.24, 2.45) is 0 Å². The van der Waals surface area contributed by atoms with Crippen molar-refractivity contribution < 1.29 is 9.53 Å². The van der Waals surface area contributed by atoms with E-state index in [-0.39, 0.29) is 12.1 Å². The molecule has 0 aromatic heterocycles. The van der Waals surface area contributed by atoms with E-state index in [2.05, 4.69) is 0 Å². The Hall–Kier alpha value is -1.02. The van der Waals surface area contributed by atoms with Crippen molar-refractivity contribution in [2.75, 3.05) is 5.88 Å². The molecular weight excluding hydrogens is 224 g/mol. The van der Waals surface area contributed by atoms with Gasteiger partial charge in [0.15, 0.2) is 0 Å². The fraction of sp³-hybridized carbons (Fsp3) is 0.462. The van der Waals surface area contributed by atoms with Gasteiger partial charge in [0.05, 0.1) is 0 Å². The van der Waals surface area contributed by atoms with E-state index in [4.69, 9.17) is 16.3 Å². The smallest absolute Gasteiger partial charge is 0.306 e. The number of halogens is 1. The molecule has 88 valence electrons. The second-order valence-corrected chi connectivity index (χ2v) is 3.99. The number of hydrogen-bond acceptors (Lipinski definition) is 2. The average Bonchev–Trinajstić information content (AvgIpc) is 2.30. The van der Waals surface area contributed by atoms with Crippen LogP contribution in [0.3, 0.4) is 0 Å². The summed E-state index contributed by atoms with van der Waals surface area (Å²) >= 11 is 5.72. The van der Waals surface area contributed by atoms with Gasteiger partial charge in [0, 0.05) is 18.7 Å². The molecule has 2 nitrogen and oxygen atoms in total. The second-order valence-electron chi connectivity index (χ2n) is 3.62. The van der Waals surface area contributed by atoms with Gasteiger partial charge in [-0.1, -0.05) is 37.3 Å². The Morgan fingerprint density at radius 3 is 2.62 bits per heavy atom. The van der Waals surface area contributed by atoms with E-state index in [1.165, 1.54) is 0 Å². The van der Waals surface area contributed by atoms with Gasteiger partial charge < -0.3 is 4.74 Å². The summed E-state index contributed by atoms with van der Waals surface area (Å²) in [6, 6.07) is 9.72. The molecule has 0 amide bonds. The molecule has 0 aliphatic rings. The molecule has 0 spiro atoms. The lowest BCUT2D eigenvalue weighted by atomic mass is 10.1. The van der Waals surface area contributed by atoms with Crippen LogP contribution in [0.5, 0.6) is 0 Å². The summed E-state index contributed by atoms with van der Waals surface area (Å²) in [7, 11) is 0. The number of benzene rings is 1. The molecule has 0 aliphatic heterocycles. The fourth-order valence-electron chi connectivity index (χ4n) is 1.48. The Kier molecular flexibility index (Phi) is 5.94. The highest BCUT2D eigenvalue weighted by Gasteiger charge is 2.15. The van der Waals surface area contributed by atoms with Crippen LogP contribution in [-0.2, 0) is 9.53 Å². The zero-order valence-corrected chi connectivity index (χ0v) is 10.2. The first kappa shape index (κ1) is 13.0. The van der Waals surface area contributed by atoms with Gasteiger partial charge in [-0.15, -0.1) is 11.6 Å². The van der Waals surface area contributed by atoms with Gasteiger partial charge in [0.2, 0.25) is 0 Å². The van der Waals surface area contributed by atoms with Crippen molar-refractivity contribution in [2.45, 2.75) is 32.3 Å². The van der Waals surface area contributed by atoms with Crippen molar-refractivity contribution in [3.05, 3.63) is 35.9 Å². The normalized spacial score (nSPS) is 12.1. The zero-order valence-electron chi connectivity index (χ0n) is 9.49. The third-order valence-electron chi connectivity index (χ3n) is 2.27. The van der Waals surface area contributed by atoms with Crippen LogP contribution in [0.1, 0.15) is 37.9 Å². The molecule has 0 saturated heterocycles. The maximum Gasteiger partial charge on any atom is 0.306 e. The van der Waals surface area contributed by atoms with Crippen LogP contribution >= 0.6 is 11.6 Å². The third kappa shape index (κ3) is 4.23. The second kappa shape index (κ2) is 7.29. The molecule has 0 heterocycles. The first-order chi connectivity index (χ1) is 7.77. The molecule has 1 aromatic carbocycles. The maximum absolute atomic E-state index is 11.4. The van der Waals surface area contributed by atoms with Crippen molar-refractivity contribution in [3.63, 3.8) is 0 Å². The molecule has 0 radical (unpaired) electrons. The number of ether oxygens (including phenoxy) is 1. The van der Waals surface area contributed by atoms with Crippen LogP contribution in [-0.4, -0.2) is 11.8 Å². The van der Waals surface area contributed by atoms with E-state index in [9.17, 15) is 4.79 Å². The van der Waals surface area contributed by atoms with Crippen molar-refractivity contribution in [3.8, 4) is 0 Å². The van der Waals surface area contributed by atoms with E-state index in [1.54, 1.807) is 0 Å². The summed E-state index contributed by atoms with van der Waals surface area (Å²) in [4.78, 5) is 11.4. The standard InChI is InChI=1S/C13H17ClO2/c1-2-6-13(15)16-12(9-10-14)11-7-4-3-5-8-11/h3-5,7-8,12H,2,6,9-10H2,1H3. The molecule has 16 heavy (non-hydrogen) atoms. The molecule has 0 fully saturated rings. The lowest BCUT2D eigenvalue weighted by Gasteiger charge is -2.17. The molecule has 1 rings (SSSR count). The summed E-state index contributed by atoms with van der Waals surface area (Å²) in [5, 5.41) is 0. The summed E-state index contributed by atoms with van der Waals surface area (Å²) in [6.07, 6.45) is 1.71. The van der Waals surface area contributed by atoms with E-state index in [0.29, 0.717) is 18.7 Å². The molecule has 0 aliphatic carbocycles. The highest BCUT2D eigenvalue weighted by molar-refractivity contribution is 6.17. The highest BCUT2D eigenvalue weighted by atomic mass is 35.5. The third-order valence-corrected chi connectivity index (χ3v) is 2.49. The number of hydrogen-bond donors (Lipinski definition) is 0. The predicted molar refractivity (Wildman–Crippen MR) is 65.5 cm³/mol. The van der Waals surface area contributed by atoms with Gasteiger partial charge in [0.1, 0.15) is 6.10 Å². The van der Waals surface area contributed by atoms with Crippen LogP contribution in [0.25, 0.3) is 0 Å². The van der Waals surface area contributed by atoms with Gasteiger partial charge in [-0.25, -0.2) is 0 Å². The molecule has 0 bridgehead atoms. The maximum atomic E-state index is 11.4. The molecule has 3 heteroatoms. The molecule has 1 aromatic rings. The molecule has 0 saturated carbocycles. The van der Waals surface area contributed by atoms with Gasteiger partial charge >= 0.3 is 5.97 Å². The Morgan fingerprint density at radius 2 is 2.06 bits per heavy atom. The SMILES string of the molecule is CCCC(=O)OC(CCCl)c1ccccc1. The predicted octanol–water partition coefficient (Wildman–Crippen LogP) is 3.70. The fourth-order valence-corrected chi connectivity index (χ4v) is 1.68. The quantitative estimate of drug-likeness (QED) is 0.560.